The third kappa shape index (κ3) is 48.2. The average Bonchev–Trinajstić information content (AvgIpc) is 3.27. The molecule has 0 N–H and O–H groups in total. The number of esters is 3. The maximum atomic E-state index is 12.8. The molecule has 6 nitrogen and oxygen atoms in total. The molecule has 0 radical (unpaired) electrons. The Morgan fingerprint density at radius 1 is 0.317 bits per heavy atom. The summed E-state index contributed by atoms with van der Waals surface area (Å²) in [6.45, 7) is 13.8. The Hall–Kier alpha value is -1.59. The van der Waals surface area contributed by atoms with E-state index in [2.05, 4.69) is 41.5 Å². The second kappa shape index (κ2) is 48.3. The largest absolute Gasteiger partial charge is 0.462 e. The van der Waals surface area contributed by atoms with Crippen LogP contribution in [0.15, 0.2) is 0 Å². The van der Waals surface area contributed by atoms with Gasteiger partial charge in [0.2, 0.25) is 0 Å². The van der Waals surface area contributed by atoms with E-state index in [1.807, 2.05) is 0 Å². The van der Waals surface area contributed by atoms with Gasteiger partial charge in [0.1, 0.15) is 13.2 Å². The zero-order chi connectivity index (χ0) is 46.3. The van der Waals surface area contributed by atoms with Crippen LogP contribution < -0.4 is 0 Å². The summed E-state index contributed by atoms with van der Waals surface area (Å²) in [5, 5.41) is 0. The van der Waals surface area contributed by atoms with Gasteiger partial charge in [-0.05, 0) is 37.0 Å². The molecule has 2 unspecified atom stereocenters. The molecule has 0 aliphatic heterocycles. The van der Waals surface area contributed by atoms with Crippen LogP contribution in [0.2, 0.25) is 0 Å². The Balaban J connectivity index is 4.21. The second-order valence-corrected chi connectivity index (χ2v) is 20.5. The lowest BCUT2D eigenvalue weighted by Crippen LogP contribution is -2.30. The van der Waals surface area contributed by atoms with Gasteiger partial charge in [0, 0.05) is 19.3 Å². The van der Waals surface area contributed by atoms with Crippen molar-refractivity contribution in [2.75, 3.05) is 13.2 Å². The van der Waals surface area contributed by atoms with Gasteiger partial charge in [-0.3, -0.25) is 14.4 Å². The van der Waals surface area contributed by atoms with Crippen molar-refractivity contribution in [1.29, 1.82) is 0 Å². The van der Waals surface area contributed by atoms with E-state index in [1.54, 1.807) is 0 Å². The maximum absolute atomic E-state index is 12.8. The standard InChI is InChI=1S/C57H110O6/c1-7-52(5)44-38-32-26-22-19-20-24-28-35-41-47-56(59)62-50-54(63-57(60)48-42-36-30-29-33-39-45-53(6)8-2)49-61-55(58)46-40-34-27-23-18-16-14-12-10-9-11-13-15-17-21-25-31-37-43-51(3)4/h51-54H,7-50H2,1-6H3/t52?,53?,54-/m1/s1. The lowest BCUT2D eigenvalue weighted by atomic mass is 9.99. The Morgan fingerprint density at radius 2 is 0.556 bits per heavy atom. The third-order valence-electron chi connectivity index (χ3n) is 13.6. The minimum absolute atomic E-state index is 0.0649. The molecule has 0 saturated carbocycles. The van der Waals surface area contributed by atoms with E-state index in [1.165, 1.54) is 193 Å². The highest BCUT2D eigenvalue weighted by Crippen LogP contribution is 2.19. The monoisotopic (exact) mass is 891 g/mol. The molecule has 0 aromatic heterocycles. The Labute approximate surface area is 393 Å². The van der Waals surface area contributed by atoms with Gasteiger partial charge in [0.25, 0.3) is 0 Å². The lowest BCUT2D eigenvalue weighted by molar-refractivity contribution is -0.167. The summed E-state index contributed by atoms with van der Waals surface area (Å²) in [6, 6.07) is 0. The number of hydrogen-bond acceptors (Lipinski definition) is 6. The Kier molecular flexibility index (Phi) is 47.1. The van der Waals surface area contributed by atoms with Gasteiger partial charge in [-0.15, -0.1) is 0 Å². The molecule has 0 heterocycles. The van der Waals surface area contributed by atoms with Crippen LogP contribution in [0.4, 0.5) is 0 Å². The minimum Gasteiger partial charge on any atom is -0.462 e. The molecule has 63 heavy (non-hydrogen) atoms. The van der Waals surface area contributed by atoms with Gasteiger partial charge in [0.05, 0.1) is 0 Å². The second-order valence-electron chi connectivity index (χ2n) is 20.5. The van der Waals surface area contributed by atoms with Crippen LogP contribution in [0.25, 0.3) is 0 Å². The van der Waals surface area contributed by atoms with Gasteiger partial charge in [-0.2, -0.15) is 0 Å². The van der Waals surface area contributed by atoms with Crippen molar-refractivity contribution in [1.82, 2.24) is 0 Å². The molecule has 0 spiro atoms. The normalized spacial score (nSPS) is 13.0. The zero-order valence-corrected chi connectivity index (χ0v) is 43.4. The first-order chi connectivity index (χ1) is 30.7. The van der Waals surface area contributed by atoms with Crippen molar-refractivity contribution >= 4 is 17.9 Å². The van der Waals surface area contributed by atoms with Gasteiger partial charge in [0.15, 0.2) is 6.10 Å². The fourth-order valence-corrected chi connectivity index (χ4v) is 8.58. The van der Waals surface area contributed by atoms with Crippen LogP contribution in [0.5, 0.6) is 0 Å². The molecule has 0 amide bonds. The van der Waals surface area contributed by atoms with Gasteiger partial charge >= 0.3 is 17.9 Å². The van der Waals surface area contributed by atoms with E-state index in [9.17, 15) is 14.4 Å². The molecular formula is C57H110O6. The number of rotatable bonds is 50. The van der Waals surface area contributed by atoms with Crippen molar-refractivity contribution < 1.29 is 28.6 Å². The Morgan fingerprint density at radius 3 is 0.825 bits per heavy atom. The molecule has 0 aromatic carbocycles. The predicted octanol–water partition coefficient (Wildman–Crippen LogP) is 18.3. The predicted molar refractivity (Wildman–Crippen MR) is 270 cm³/mol. The molecule has 0 fully saturated rings. The molecule has 0 rings (SSSR count). The van der Waals surface area contributed by atoms with Gasteiger partial charge < -0.3 is 14.2 Å². The van der Waals surface area contributed by atoms with E-state index < -0.39 is 6.10 Å². The van der Waals surface area contributed by atoms with E-state index in [0.717, 1.165) is 75.5 Å². The fourth-order valence-electron chi connectivity index (χ4n) is 8.58. The summed E-state index contributed by atoms with van der Waals surface area (Å²) < 4.78 is 16.8. The van der Waals surface area contributed by atoms with Crippen LogP contribution in [0.1, 0.15) is 311 Å². The maximum Gasteiger partial charge on any atom is 0.306 e. The number of ether oxygens (including phenoxy) is 3. The van der Waals surface area contributed by atoms with Crippen LogP contribution in [-0.2, 0) is 28.6 Å². The first kappa shape index (κ1) is 61.4. The third-order valence-corrected chi connectivity index (χ3v) is 13.6. The first-order valence-electron chi connectivity index (χ1n) is 28.2. The SMILES string of the molecule is CCC(C)CCCCCCCCCCCCC(=O)OC[C@@H](COC(=O)CCCCCCCCCCCCCCCCCCCCC(C)C)OC(=O)CCCCCCCCC(C)CC. The summed E-state index contributed by atoms with van der Waals surface area (Å²) in [5.74, 6) is 1.69. The van der Waals surface area contributed by atoms with Crippen LogP contribution in [-0.4, -0.2) is 37.2 Å². The molecule has 374 valence electrons. The minimum atomic E-state index is -0.764. The molecule has 3 atom stereocenters. The van der Waals surface area contributed by atoms with Crippen molar-refractivity contribution in [3.05, 3.63) is 0 Å². The van der Waals surface area contributed by atoms with E-state index in [-0.39, 0.29) is 31.1 Å². The van der Waals surface area contributed by atoms with E-state index in [0.29, 0.717) is 19.3 Å². The lowest BCUT2D eigenvalue weighted by Gasteiger charge is -2.18. The molecule has 0 aromatic rings. The molecule has 6 heteroatoms. The summed E-state index contributed by atoms with van der Waals surface area (Å²) in [4.78, 5) is 38.0. The van der Waals surface area contributed by atoms with Gasteiger partial charge in [-0.25, -0.2) is 0 Å². The fraction of sp³-hybridized carbons (Fsp3) is 0.947. The van der Waals surface area contributed by atoms with Crippen LogP contribution in [0, 0.1) is 17.8 Å². The summed E-state index contributed by atoms with van der Waals surface area (Å²) in [6.07, 6.45) is 49.5. The molecular weight excluding hydrogens is 781 g/mol. The molecule has 0 aliphatic rings. The van der Waals surface area contributed by atoms with Crippen molar-refractivity contribution in [3.63, 3.8) is 0 Å². The van der Waals surface area contributed by atoms with Gasteiger partial charge in [-0.1, -0.05) is 273 Å². The number of carbonyl (C=O) groups is 3. The smallest absolute Gasteiger partial charge is 0.306 e. The van der Waals surface area contributed by atoms with Crippen LogP contribution in [0.3, 0.4) is 0 Å². The van der Waals surface area contributed by atoms with Crippen LogP contribution >= 0.6 is 0 Å². The molecule has 0 aliphatic carbocycles. The number of carbonyl (C=O) groups excluding carboxylic acids is 3. The number of hydrogen-bond donors (Lipinski definition) is 0. The molecule has 0 saturated heterocycles. The zero-order valence-electron chi connectivity index (χ0n) is 43.4. The van der Waals surface area contributed by atoms with Crippen molar-refractivity contribution in [2.45, 2.75) is 317 Å². The molecule has 0 bridgehead atoms. The van der Waals surface area contributed by atoms with E-state index in [4.69, 9.17) is 14.2 Å². The Bertz CT molecular complexity index is 980. The van der Waals surface area contributed by atoms with Crippen molar-refractivity contribution in [2.24, 2.45) is 17.8 Å². The number of unbranched alkanes of at least 4 members (excludes halogenated alkanes) is 31. The quantitative estimate of drug-likeness (QED) is 0.0344. The summed E-state index contributed by atoms with van der Waals surface area (Å²) in [7, 11) is 0. The topological polar surface area (TPSA) is 78.9 Å². The highest BCUT2D eigenvalue weighted by Gasteiger charge is 2.19. The first-order valence-corrected chi connectivity index (χ1v) is 28.2. The van der Waals surface area contributed by atoms with Crippen molar-refractivity contribution in [3.8, 4) is 0 Å². The summed E-state index contributed by atoms with van der Waals surface area (Å²) >= 11 is 0. The summed E-state index contributed by atoms with van der Waals surface area (Å²) in [5.41, 5.74) is 0. The highest BCUT2D eigenvalue weighted by molar-refractivity contribution is 5.71. The highest BCUT2D eigenvalue weighted by atomic mass is 16.6. The van der Waals surface area contributed by atoms with E-state index >= 15 is 0 Å². The average molecular weight is 892 g/mol.